The number of nitriles is 1. The normalized spacial score (nSPS) is 15.3. The third kappa shape index (κ3) is 6.16. The van der Waals surface area contributed by atoms with Crippen molar-refractivity contribution in [1.82, 2.24) is 19.9 Å². The van der Waals surface area contributed by atoms with Gasteiger partial charge in [0, 0.05) is 54.1 Å². The molecule has 1 aromatic carbocycles. The summed E-state index contributed by atoms with van der Waals surface area (Å²) in [6.45, 7) is 5.39. The van der Waals surface area contributed by atoms with Crippen LogP contribution in [0.25, 0.3) is 16.6 Å². The van der Waals surface area contributed by atoms with Gasteiger partial charge in [-0.3, -0.25) is 4.79 Å². The minimum atomic E-state index is -0.500. The second-order valence-corrected chi connectivity index (χ2v) is 10.8. The molecule has 1 fully saturated rings. The van der Waals surface area contributed by atoms with Gasteiger partial charge in [0.15, 0.2) is 0 Å². The number of rotatable bonds is 9. The molecule has 0 bridgehead atoms. The molecule has 10 nitrogen and oxygen atoms in total. The molecule has 1 unspecified atom stereocenters. The van der Waals surface area contributed by atoms with E-state index in [1.54, 1.807) is 48.1 Å². The average molecular weight is 555 g/mol. The van der Waals surface area contributed by atoms with Gasteiger partial charge in [-0.05, 0) is 62.6 Å². The monoisotopic (exact) mass is 554 g/mol. The average Bonchev–Trinajstić information content (AvgIpc) is 3.35. The number of hydrogen-bond acceptors (Lipinski definition) is 8. The number of ether oxygens (including phenoxy) is 1. The summed E-state index contributed by atoms with van der Waals surface area (Å²) in [5, 5.41) is 36.4. The van der Waals surface area contributed by atoms with E-state index in [1.807, 2.05) is 24.3 Å². The molecule has 1 saturated heterocycles. The van der Waals surface area contributed by atoms with Crippen LogP contribution in [-0.2, 0) is 6.61 Å². The first-order valence-corrected chi connectivity index (χ1v) is 13.8. The Bertz CT molecular complexity index is 1570. The molecule has 41 heavy (non-hydrogen) atoms. The zero-order valence-corrected chi connectivity index (χ0v) is 23.2. The number of benzene rings is 1. The Hall–Kier alpha value is -4.46. The van der Waals surface area contributed by atoms with E-state index in [0.29, 0.717) is 28.6 Å². The van der Waals surface area contributed by atoms with E-state index < -0.39 is 6.10 Å². The lowest BCUT2D eigenvalue weighted by molar-refractivity contribution is 0.0891. The summed E-state index contributed by atoms with van der Waals surface area (Å²) in [5.74, 6) is 0.955. The number of nitrogens with zero attached hydrogens (tertiary/aromatic N) is 5. The Morgan fingerprint density at radius 1 is 1.22 bits per heavy atom. The number of aliphatic hydroxyl groups is 2. The van der Waals surface area contributed by atoms with Gasteiger partial charge >= 0.3 is 0 Å². The van der Waals surface area contributed by atoms with Gasteiger partial charge in [0.05, 0.1) is 24.8 Å². The van der Waals surface area contributed by atoms with Crippen LogP contribution in [0, 0.1) is 11.3 Å². The van der Waals surface area contributed by atoms with Crippen LogP contribution in [0.1, 0.15) is 54.6 Å². The molecule has 10 heteroatoms. The van der Waals surface area contributed by atoms with E-state index in [-0.39, 0.29) is 30.5 Å². The summed E-state index contributed by atoms with van der Waals surface area (Å²) in [5.41, 5.74) is 3.57. The van der Waals surface area contributed by atoms with Gasteiger partial charge in [-0.25, -0.2) is 9.50 Å². The first-order chi connectivity index (χ1) is 19.8. The number of aromatic nitrogens is 3. The van der Waals surface area contributed by atoms with Gasteiger partial charge in [0.1, 0.15) is 17.5 Å². The maximum atomic E-state index is 12.9. The van der Waals surface area contributed by atoms with Gasteiger partial charge in [-0.15, -0.1) is 5.10 Å². The lowest BCUT2D eigenvalue weighted by Gasteiger charge is -2.40. The van der Waals surface area contributed by atoms with Crippen LogP contribution in [0.5, 0.6) is 5.88 Å². The van der Waals surface area contributed by atoms with E-state index in [4.69, 9.17) is 9.72 Å². The molecule has 1 aliphatic heterocycles. The second kappa shape index (κ2) is 12.0. The van der Waals surface area contributed by atoms with E-state index >= 15 is 0 Å². The lowest BCUT2D eigenvalue weighted by atomic mass is 9.89. The number of piperidine rings is 1. The topological polar surface area (TPSA) is 136 Å². The Morgan fingerprint density at radius 2 is 2.02 bits per heavy atom. The van der Waals surface area contributed by atoms with Crippen molar-refractivity contribution in [2.45, 2.75) is 51.4 Å². The molecule has 4 aromatic rings. The molecule has 0 saturated carbocycles. The Kier molecular flexibility index (Phi) is 8.19. The molecule has 0 spiro atoms. The van der Waals surface area contributed by atoms with Crippen molar-refractivity contribution in [3.63, 3.8) is 0 Å². The summed E-state index contributed by atoms with van der Waals surface area (Å²) in [6, 6.07) is 17.0. The zero-order valence-electron chi connectivity index (χ0n) is 23.2. The molecule has 0 aliphatic carbocycles. The molecule has 0 radical (unpaired) electrons. The highest BCUT2D eigenvalue weighted by Crippen LogP contribution is 2.32. The molecule has 5 rings (SSSR count). The van der Waals surface area contributed by atoms with Crippen LogP contribution in [0.4, 0.5) is 5.82 Å². The fourth-order valence-corrected chi connectivity index (χ4v) is 5.08. The lowest BCUT2D eigenvalue weighted by Crippen LogP contribution is -2.53. The Labute approximate surface area is 238 Å². The van der Waals surface area contributed by atoms with Crippen LogP contribution in [0.2, 0.25) is 0 Å². The van der Waals surface area contributed by atoms with E-state index in [9.17, 15) is 20.3 Å². The van der Waals surface area contributed by atoms with Crippen LogP contribution >= 0.6 is 0 Å². The number of carbonyl (C=O) groups is 1. The highest BCUT2D eigenvalue weighted by molar-refractivity contribution is 5.94. The van der Waals surface area contributed by atoms with E-state index in [2.05, 4.69) is 28.3 Å². The molecular formula is C31H34N6O4. The van der Waals surface area contributed by atoms with Gasteiger partial charge in [0.2, 0.25) is 0 Å². The van der Waals surface area contributed by atoms with Crippen molar-refractivity contribution in [2.75, 3.05) is 24.6 Å². The molecule has 3 aromatic heterocycles. The van der Waals surface area contributed by atoms with Gasteiger partial charge < -0.3 is 25.2 Å². The van der Waals surface area contributed by atoms with Gasteiger partial charge in [0.25, 0.3) is 11.8 Å². The fourth-order valence-electron chi connectivity index (χ4n) is 5.08. The van der Waals surface area contributed by atoms with Gasteiger partial charge in [-0.1, -0.05) is 18.2 Å². The number of fused-ring (bicyclic) bond motifs is 1. The van der Waals surface area contributed by atoms with Gasteiger partial charge in [-0.2, -0.15) is 5.26 Å². The Morgan fingerprint density at radius 3 is 2.71 bits per heavy atom. The number of amides is 1. The Balaban J connectivity index is 1.27. The number of nitrogens with one attached hydrogen (secondary N) is 1. The van der Waals surface area contributed by atoms with Crippen molar-refractivity contribution in [1.29, 1.82) is 5.26 Å². The molecule has 1 aliphatic rings. The van der Waals surface area contributed by atoms with Crippen molar-refractivity contribution in [3.8, 4) is 23.1 Å². The maximum Gasteiger partial charge on any atom is 0.252 e. The van der Waals surface area contributed by atoms with Crippen LogP contribution in [-0.4, -0.2) is 62.1 Å². The first-order valence-electron chi connectivity index (χ1n) is 13.8. The first kappa shape index (κ1) is 28.1. The van der Waals surface area contributed by atoms with Crippen molar-refractivity contribution in [2.24, 2.45) is 0 Å². The SMILES string of the molecule is CC(O)CCOc1nn2cccc(-c3ccc(N4CCC(C)(NC(=O)c5cccc(CO)c5)CC4)nc3)c2c1C#N. The highest BCUT2D eigenvalue weighted by Gasteiger charge is 2.32. The fraction of sp³-hybridized carbons (Fsp3) is 0.355. The summed E-state index contributed by atoms with van der Waals surface area (Å²) in [6.07, 6.45) is 5.05. The zero-order chi connectivity index (χ0) is 29.0. The molecule has 1 amide bonds. The van der Waals surface area contributed by atoms with E-state index in [1.165, 1.54) is 0 Å². The number of pyridine rings is 2. The summed E-state index contributed by atoms with van der Waals surface area (Å²) in [7, 11) is 0. The quantitative estimate of drug-likeness (QED) is 0.285. The summed E-state index contributed by atoms with van der Waals surface area (Å²) < 4.78 is 7.35. The predicted octanol–water partition coefficient (Wildman–Crippen LogP) is 3.70. The second-order valence-electron chi connectivity index (χ2n) is 10.8. The largest absolute Gasteiger partial charge is 0.476 e. The van der Waals surface area contributed by atoms with Crippen molar-refractivity contribution < 1.29 is 19.7 Å². The smallest absolute Gasteiger partial charge is 0.252 e. The number of aliphatic hydroxyl groups excluding tert-OH is 2. The van der Waals surface area contributed by atoms with Crippen LogP contribution in [0.3, 0.4) is 0 Å². The minimum Gasteiger partial charge on any atom is -0.476 e. The third-order valence-electron chi connectivity index (χ3n) is 7.55. The summed E-state index contributed by atoms with van der Waals surface area (Å²) in [4.78, 5) is 19.8. The van der Waals surface area contributed by atoms with E-state index in [0.717, 1.165) is 42.9 Å². The van der Waals surface area contributed by atoms with Crippen LogP contribution in [0.15, 0.2) is 60.9 Å². The maximum absolute atomic E-state index is 12.9. The van der Waals surface area contributed by atoms with Crippen molar-refractivity contribution in [3.05, 3.63) is 77.6 Å². The molecule has 1 atom stereocenters. The van der Waals surface area contributed by atoms with Crippen LogP contribution < -0.4 is 15.0 Å². The highest BCUT2D eigenvalue weighted by atomic mass is 16.5. The standard InChI is InChI=1S/C31H34N6O4/c1-21(39)10-16-41-30-26(18-32)28-25(7-4-13-37(28)35-30)24-8-9-27(33-19-24)36-14-11-31(2,12-15-36)34-29(40)23-6-3-5-22(17-23)20-38/h3-9,13,17,19,21,38-39H,10-12,14-16,20H2,1-2H3,(H,34,40). The summed E-state index contributed by atoms with van der Waals surface area (Å²) >= 11 is 0. The number of hydrogen-bond donors (Lipinski definition) is 3. The number of anilines is 1. The molecule has 3 N–H and O–H groups in total. The molecule has 212 valence electrons. The number of carbonyl (C=O) groups excluding carboxylic acids is 1. The minimum absolute atomic E-state index is 0.101. The molecule has 4 heterocycles. The predicted molar refractivity (Wildman–Crippen MR) is 155 cm³/mol. The third-order valence-corrected chi connectivity index (χ3v) is 7.55. The van der Waals surface area contributed by atoms with Crippen molar-refractivity contribution >= 4 is 17.2 Å². The molecular weight excluding hydrogens is 520 g/mol.